The summed E-state index contributed by atoms with van der Waals surface area (Å²) in [6, 6.07) is 8.47. The zero-order valence-corrected chi connectivity index (χ0v) is 12.5. The lowest BCUT2D eigenvalue weighted by atomic mass is 10.0. The maximum atomic E-state index is 13.9. The second kappa shape index (κ2) is 5.95. The molecule has 0 bridgehead atoms. The summed E-state index contributed by atoms with van der Waals surface area (Å²) in [4.78, 5) is 0. The zero-order chi connectivity index (χ0) is 15.6. The second-order valence-corrected chi connectivity index (χ2v) is 5.22. The van der Waals surface area contributed by atoms with E-state index in [2.05, 4.69) is 12.1 Å². The van der Waals surface area contributed by atoms with Crippen LogP contribution in [0.3, 0.4) is 0 Å². The number of aryl methyl sites for hydroxylation is 3. The number of halogens is 1. The van der Waals surface area contributed by atoms with Gasteiger partial charge in [-0.25, -0.2) is 4.39 Å². The van der Waals surface area contributed by atoms with Crippen molar-refractivity contribution in [2.45, 2.75) is 27.4 Å². The third-order valence-electron chi connectivity index (χ3n) is 3.46. The van der Waals surface area contributed by atoms with Crippen LogP contribution in [0.15, 0.2) is 30.3 Å². The van der Waals surface area contributed by atoms with E-state index >= 15 is 0 Å². The van der Waals surface area contributed by atoms with Crippen molar-refractivity contribution in [2.75, 3.05) is 0 Å². The van der Waals surface area contributed by atoms with Crippen molar-refractivity contribution >= 4 is 5.84 Å². The largest absolute Gasteiger partial charge is 0.486 e. The topological polar surface area (TPSA) is 59.1 Å². The molecule has 0 aromatic heterocycles. The van der Waals surface area contributed by atoms with E-state index in [9.17, 15) is 4.39 Å². The Hall–Kier alpha value is -2.36. The molecule has 0 unspecified atom stereocenters. The third-order valence-corrected chi connectivity index (χ3v) is 3.46. The maximum absolute atomic E-state index is 13.9. The third kappa shape index (κ3) is 3.40. The molecule has 0 amide bonds. The summed E-state index contributed by atoms with van der Waals surface area (Å²) in [6.45, 7) is 6.40. The standard InChI is InChI=1S/C17H19FN2O/c1-10-6-11(2)14(12(3)7-10)9-21-16-5-4-13(17(19)20)8-15(16)18/h4-8H,9H2,1-3H3,(H3,19,20). The molecular weight excluding hydrogens is 267 g/mol. The predicted octanol–water partition coefficient (Wildman–Crippen LogP) is 3.61. The van der Waals surface area contributed by atoms with Gasteiger partial charge >= 0.3 is 0 Å². The van der Waals surface area contributed by atoms with Gasteiger partial charge in [0.2, 0.25) is 0 Å². The SMILES string of the molecule is Cc1cc(C)c(COc2ccc(C(=N)N)cc2F)c(C)c1. The molecule has 0 fully saturated rings. The molecule has 0 saturated heterocycles. The van der Waals surface area contributed by atoms with Crippen molar-refractivity contribution in [3.05, 3.63) is 64.0 Å². The molecule has 21 heavy (non-hydrogen) atoms. The number of nitrogen functional groups attached to an aromatic ring is 1. The number of nitrogens with two attached hydrogens (primary N) is 1. The van der Waals surface area contributed by atoms with E-state index in [0.717, 1.165) is 16.7 Å². The van der Waals surface area contributed by atoms with Crippen molar-refractivity contribution in [2.24, 2.45) is 5.73 Å². The quantitative estimate of drug-likeness (QED) is 0.666. The first-order valence-corrected chi connectivity index (χ1v) is 6.72. The molecule has 0 aliphatic heterocycles. The average molecular weight is 286 g/mol. The highest BCUT2D eigenvalue weighted by atomic mass is 19.1. The van der Waals surface area contributed by atoms with E-state index in [0.29, 0.717) is 12.2 Å². The Kier molecular flexibility index (Phi) is 4.26. The molecule has 0 aliphatic carbocycles. The van der Waals surface area contributed by atoms with Crippen molar-refractivity contribution in [3.63, 3.8) is 0 Å². The van der Waals surface area contributed by atoms with Gasteiger partial charge < -0.3 is 10.5 Å². The van der Waals surface area contributed by atoms with Crippen LogP contribution in [0.4, 0.5) is 4.39 Å². The van der Waals surface area contributed by atoms with Gasteiger partial charge in [-0.15, -0.1) is 0 Å². The lowest BCUT2D eigenvalue weighted by Crippen LogP contribution is -2.11. The van der Waals surface area contributed by atoms with E-state index in [1.807, 2.05) is 20.8 Å². The predicted molar refractivity (Wildman–Crippen MR) is 82.4 cm³/mol. The number of hydrogen-bond donors (Lipinski definition) is 2. The van der Waals surface area contributed by atoms with Crippen molar-refractivity contribution in [1.82, 2.24) is 0 Å². The van der Waals surface area contributed by atoms with E-state index < -0.39 is 5.82 Å². The van der Waals surface area contributed by atoms with Gasteiger partial charge in [0.05, 0.1) is 0 Å². The first-order valence-electron chi connectivity index (χ1n) is 6.72. The minimum absolute atomic E-state index is 0.161. The van der Waals surface area contributed by atoms with Gasteiger partial charge in [0.25, 0.3) is 0 Å². The minimum atomic E-state index is -0.509. The molecule has 3 N–H and O–H groups in total. The summed E-state index contributed by atoms with van der Waals surface area (Å²) >= 11 is 0. The van der Waals surface area contributed by atoms with Gasteiger partial charge in [-0.3, -0.25) is 5.41 Å². The lowest BCUT2D eigenvalue weighted by Gasteiger charge is -2.13. The molecule has 0 radical (unpaired) electrons. The molecule has 110 valence electrons. The summed E-state index contributed by atoms with van der Waals surface area (Å²) < 4.78 is 19.5. The summed E-state index contributed by atoms with van der Waals surface area (Å²) in [5.41, 5.74) is 10.2. The normalized spacial score (nSPS) is 10.5. The Labute approximate surface area is 124 Å². The molecule has 0 atom stereocenters. The van der Waals surface area contributed by atoms with Crippen LogP contribution >= 0.6 is 0 Å². The van der Waals surface area contributed by atoms with E-state index in [-0.39, 0.29) is 11.6 Å². The van der Waals surface area contributed by atoms with Crippen molar-refractivity contribution in [3.8, 4) is 5.75 Å². The Morgan fingerprint density at radius 1 is 1.14 bits per heavy atom. The van der Waals surface area contributed by atoms with E-state index in [1.54, 1.807) is 6.07 Å². The van der Waals surface area contributed by atoms with Crippen LogP contribution in [0.2, 0.25) is 0 Å². The molecule has 2 rings (SSSR count). The lowest BCUT2D eigenvalue weighted by molar-refractivity contribution is 0.289. The molecule has 0 aliphatic rings. The average Bonchev–Trinajstić information content (AvgIpc) is 2.38. The van der Waals surface area contributed by atoms with Crippen LogP contribution in [-0.4, -0.2) is 5.84 Å². The molecule has 3 nitrogen and oxygen atoms in total. The van der Waals surface area contributed by atoms with Gasteiger partial charge in [0, 0.05) is 5.56 Å². The van der Waals surface area contributed by atoms with Gasteiger partial charge in [-0.05, 0) is 55.7 Å². The van der Waals surface area contributed by atoms with Gasteiger partial charge in [-0.1, -0.05) is 17.7 Å². The van der Waals surface area contributed by atoms with Crippen LogP contribution in [0.5, 0.6) is 5.75 Å². The molecule has 0 heterocycles. The number of hydrogen-bond acceptors (Lipinski definition) is 2. The monoisotopic (exact) mass is 286 g/mol. The molecular formula is C17H19FN2O. The highest BCUT2D eigenvalue weighted by molar-refractivity contribution is 5.95. The van der Waals surface area contributed by atoms with Crippen molar-refractivity contribution in [1.29, 1.82) is 5.41 Å². The summed E-state index contributed by atoms with van der Waals surface area (Å²) in [5.74, 6) is -0.504. The Balaban J connectivity index is 2.19. The fourth-order valence-electron chi connectivity index (χ4n) is 2.37. The Morgan fingerprint density at radius 3 is 2.29 bits per heavy atom. The highest BCUT2D eigenvalue weighted by Crippen LogP contribution is 2.22. The summed E-state index contributed by atoms with van der Waals surface area (Å²) in [5, 5.41) is 7.29. The van der Waals surface area contributed by atoms with E-state index in [4.69, 9.17) is 15.9 Å². The number of amidine groups is 1. The highest BCUT2D eigenvalue weighted by Gasteiger charge is 2.09. The van der Waals surface area contributed by atoms with Crippen LogP contribution in [0.25, 0.3) is 0 Å². The van der Waals surface area contributed by atoms with Crippen LogP contribution in [-0.2, 0) is 6.61 Å². The second-order valence-electron chi connectivity index (χ2n) is 5.22. The first kappa shape index (κ1) is 15.0. The Morgan fingerprint density at radius 2 is 1.76 bits per heavy atom. The molecule has 0 saturated carbocycles. The fraction of sp³-hybridized carbons (Fsp3) is 0.235. The van der Waals surface area contributed by atoms with Crippen LogP contribution in [0.1, 0.15) is 27.8 Å². The Bertz CT molecular complexity index is 672. The minimum Gasteiger partial charge on any atom is -0.486 e. The summed E-state index contributed by atoms with van der Waals surface area (Å²) in [7, 11) is 0. The number of benzene rings is 2. The smallest absolute Gasteiger partial charge is 0.165 e. The molecule has 2 aromatic rings. The number of rotatable bonds is 4. The molecule has 0 spiro atoms. The first-order chi connectivity index (χ1) is 9.88. The number of nitrogens with one attached hydrogen (secondary N) is 1. The number of ether oxygens (including phenoxy) is 1. The van der Waals surface area contributed by atoms with E-state index in [1.165, 1.54) is 17.7 Å². The zero-order valence-electron chi connectivity index (χ0n) is 12.5. The van der Waals surface area contributed by atoms with Crippen molar-refractivity contribution < 1.29 is 9.13 Å². The maximum Gasteiger partial charge on any atom is 0.165 e. The summed E-state index contributed by atoms with van der Waals surface area (Å²) in [6.07, 6.45) is 0. The van der Waals surface area contributed by atoms with Crippen LogP contribution < -0.4 is 10.5 Å². The van der Waals surface area contributed by atoms with Crippen LogP contribution in [0, 0.1) is 32.0 Å². The molecule has 4 heteroatoms. The van der Waals surface area contributed by atoms with Gasteiger partial charge in [-0.2, -0.15) is 0 Å². The van der Waals surface area contributed by atoms with Gasteiger partial charge in [0.1, 0.15) is 12.4 Å². The fourth-order valence-corrected chi connectivity index (χ4v) is 2.37. The van der Waals surface area contributed by atoms with Gasteiger partial charge in [0.15, 0.2) is 11.6 Å². The molecule has 2 aromatic carbocycles.